The number of para-hydroxylation sites is 1. The maximum atomic E-state index is 12.7. The number of ether oxygens (including phenoxy) is 3. The summed E-state index contributed by atoms with van der Waals surface area (Å²) < 4.78 is 17.8. The summed E-state index contributed by atoms with van der Waals surface area (Å²) in [6.07, 6.45) is 1.75. The van der Waals surface area contributed by atoms with Crippen LogP contribution in [0, 0.1) is 0 Å². The number of hydrogen-bond donors (Lipinski definition) is 1. The number of hydrogen-bond acceptors (Lipinski definition) is 7. The molecule has 0 aromatic heterocycles. The predicted octanol–water partition coefficient (Wildman–Crippen LogP) is 8.93. The first-order chi connectivity index (χ1) is 18.8. The van der Waals surface area contributed by atoms with Crippen LogP contribution >= 0.6 is 50.9 Å². The van der Waals surface area contributed by atoms with E-state index in [1.807, 2.05) is 43.3 Å². The number of aliphatic hydroxyl groups is 1. The third kappa shape index (κ3) is 7.19. The molecule has 0 fully saturated rings. The number of aliphatic imine (C=N–C) groups is 1. The van der Waals surface area contributed by atoms with Crippen molar-refractivity contribution in [1.82, 2.24) is 0 Å². The summed E-state index contributed by atoms with van der Waals surface area (Å²) in [4.78, 5) is 17.7. The van der Waals surface area contributed by atoms with Crippen molar-refractivity contribution in [2.75, 3.05) is 13.2 Å². The molecule has 1 N–H and O–H groups in total. The van der Waals surface area contributed by atoms with E-state index in [1.54, 1.807) is 37.3 Å². The van der Waals surface area contributed by atoms with Gasteiger partial charge in [-0.15, -0.1) is 0 Å². The molecule has 0 saturated carbocycles. The molecule has 0 saturated heterocycles. The van der Waals surface area contributed by atoms with Gasteiger partial charge in [0.25, 0.3) is 0 Å². The van der Waals surface area contributed by atoms with Gasteiger partial charge in [0.15, 0.2) is 11.5 Å². The summed E-state index contributed by atoms with van der Waals surface area (Å²) in [6, 6.07) is 18.1. The molecular weight excluding hydrogens is 625 g/mol. The Labute approximate surface area is 249 Å². The van der Waals surface area contributed by atoms with Crippen LogP contribution < -0.4 is 9.47 Å². The van der Waals surface area contributed by atoms with E-state index in [4.69, 9.17) is 37.4 Å². The average Bonchev–Trinajstić information content (AvgIpc) is 3.21. The standard InChI is InChI=1S/C29H24BrCl2NO5S/c1-3-36-23-13-18(20(30)15-24(23)38-16-17-10-11-21(31)22(32)12-17)14-25-27(34)26(29(35)37-4-2)28(39-25)33-19-8-6-5-7-9-19/h5-15,34H,3-4,16H2,1-2H3/b25-14-,33-28?. The number of benzene rings is 3. The zero-order valence-corrected chi connectivity index (χ0v) is 25.0. The fourth-order valence-electron chi connectivity index (χ4n) is 3.59. The lowest BCUT2D eigenvalue weighted by Crippen LogP contribution is -2.12. The summed E-state index contributed by atoms with van der Waals surface area (Å²) in [7, 11) is 0. The third-order valence-electron chi connectivity index (χ3n) is 5.38. The number of halogens is 3. The second kappa shape index (κ2) is 13.4. The molecule has 6 nitrogen and oxygen atoms in total. The van der Waals surface area contributed by atoms with Crippen molar-refractivity contribution >= 4 is 73.7 Å². The Balaban J connectivity index is 1.67. The highest BCUT2D eigenvalue weighted by Crippen LogP contribution is 2.42. The van der Waals surface area contributed by atoms with Gasteiger partial charge in [0.2, 0.25) is 0 Å². The van der Waals surface area contributed by atoms with Crippen LogP contribution in [0.3, 0.4) is 0 Å². The van der Waals surface area contributed by atoms with Crippen molar-refractivity contribution < 1.29 is 24.1 Å². The maximum Gasteiger partial charge on any atom is 0.344 e. The van der Waals surface area contributed by atoms with E-state index in [1.165, 1.54) is 11.8 Å². The molecular formula is C29H24BrCl2NO5S. The second-order valence-electron chi connectivity index (χ2n) is 8.10. The molecule has 202 valence electrons. The molecule has 0 atom stereocenters. The highest BCUT2D eigenvalue weighted by Gasteiger charge is 2.33. The van der Waals surface area contributed by atoms with E-state index in [0.717, 1.165) is 5.56 Å². The monoisotopic (exact) mass is 647 g/mol. The number of nitrogens with zero attached hydrogens (tertiary/aromatic N) is 1. The molecule has 10 heteroatoms. The summed E-state index contributed by atoms with van der Waals surface area (Å²) in [5.41, 5.74) is 2.24. The van der Waals surface area contributed by atoms with Gasteiger partial charge in [0.1, 0.15) is 23.0 Å². The van der Waals surface area contributed by atoms with Crippen LogP contribution in [0.5, 0.6) is 11.5 Å². The van der Waals surface area contributed by atoms with Crippen molar-refractivity contribution in [2.45, 2.75) is 20.5 Å². The van der Waals surface area contributed by atoms with Crippen molar-refractivity contribution in [3.63, 3.8) is 0 Å². The Morgan fingerprint density at radius 1 is 1.00 bits per heavy atom. The van der Waals surface area contributed by atoms with Crippen LogP contribution in [0.2, 0.25) is 10.0 Å². The Morgan fingerprint density at radius 3 is 2.44 bits per heavy atom. The SMILES string of the molecule is CCOC(=O)C1=C(O)/C(=C/c2cc(OCC)c(OCc3ccc(Cl)c(Cl)c3)cc2Br)SC1=Nc1ccccc1. The topological polar surface area (TPSA) is 77.4 Å². The van der Waals surface area contributed by atoms with Crippen LogP contribution in [-0.4, -0.2) is 29.3 Å². The highest BCUT2D eigenvalue weighted by atomic mass is 79.9. The van der Waals surface area contributed by atoms with E-state index >= 15 is 0 Å². The molecule has 4 rings (SSSR count). The largest absolute Gasteiger partial charge is 0.506 e. The summed E-state index contributed by atoms with van der Waals surface area (Å²) in [6.45, 7) is 4.43. The molecule has 0 amide bonds. The van der Waals surface area contributed by atoms with Crippen LogP contribution in [0.4, 0.5) is 5.69 Å². The molecule has 0 radical (unpaired) electrons. The third-order valence-corrected chi connectivity index (χ3v) is 7.83. The first-order valence-electron chi connectivity index (χ1n) is 12.0. The van der Waals surface area contributed by atoms with Crippen molar-refractivity contribution in [1.29, 1.82) is 0 Å². The molecule has 0 bridgehead atoms. The lowest BCUT2D eigenvalue weighted by atomic mass is 10.1. The van der Waals surface area contributed by atoms with E-state index in [9.17, 15) is 9.90 Å². The number of esters is 1. The van der Waals surface area contributed by atoms with Crippen molar-refractivity contribution in [3.8, 4) is 11.5 Å². The number of thioether (sulfide) groups is 1. The molecule has 1 aliphatic heterocycles. The van der Waals surface area contributed by atoms with Gasteiger partial charge < -0.3 is 19.3 Å². The summed E-state index contributed by atoms with van der Waals surface area (Å²) in [5, 5.41) is 12.3. The first-order valence-corrected chi connectivity index (χ1v) is 14.3. The maximum absolute atomic E-state index is 12.7. The molecule has 0 aliphatic carbocycles. The molecule has 0 unspecified atom stereocenters. The molecule has 39 heavy (non-hydrogen) atoms. The fourth-order valence-corrected chi connectivity index (χ4v) is 5.37. The Hall–Kier alpha value is -2.91. The van der Waals surface area contributed by atoms with Gasteiger partial charge >= 0.3 is 5.97 Å². The molecule has 1 aliphatic rings. The smallest absolute Gasteiger partial charge is 0.344 e. The number of carbonyl (C=O) groups excluding carboxylic acids is 1. The molecule has 0 spiro atoms. The summed E-state index contributed by atoms with van der Waals surface area (Å²) >= 11 is 16.9. The first kappa shape index (κ1) is 29.1. The van der Waals surface area contributed by atoms with E-state index in [0.29, 0.717) is 53.8 Å². The quantitative estimate of drug-likeness (QED) is 0.233. The van der Waals surface area contributed by atoms with Crippen molar-refractivity contribution in [3.05, 3.63) is 103 Å². The summed E-state index contributed by atoms with van der Waals surface area (Å²) in [5.74, 6) is 0.204. The van der Waals surface area contributed by atoms with Gasteiger partial charge in [-0.25, -0.2) is 9.79 Å². The molecule has 3 aromatic carbocycles. The van der Waals surface area contributed by atoms with Gasteiger partial charge in [-0.2, -0.15) is 0 Å². The molecule has 1 heterocycles. The zero-order valence-electron chi connectivity index (χ0n) is 21.0. The minimum Gasteiger partial charge on any atom is -0.506 e. The fraction of sp³-hybridized carbons (Fsp3) is 0.172. The minimum atomic E-state index is -0.638. The lowest BCUT2D eigenvalue weighted by molar-refractivity contribution is -0.138. The van der Waals surface area contributed by atoms with E-state index in [2.05, 4.69) is 20.9 Å². The zero-order chi connectivity index (χ0) is 27.9. The number of rotatable bonds is 9. The number of carbonyl (C=O) groups is 1. The second-order valence-corrected chi connectivity index (χ2v) is 10.8. The van der Waals surface area contributed by atoms with Crippen LogP contribution in [0.1, 0.15) is 25.0 Å². The van der Waals surface area contributed by atoms with Crippen molar-refractivity contribution in [2.24, 2.45) is 4.99 Å². The van der Waals surface area contributed by atoms with Crippen LogP contribution in [0.15, 0.2) is 86.4 Å². The Bertz CT molecular complexity index is 1470. The van der Waals surface area contributed by atoms with Gasteiger partial charge in [0.05, 0.1) is 33.9 Å². The Kier molecular flexibility index (Phi) is 10.0. The lowest BCUT2D eigenvalue weighted by Gasteiger charge is -2.14. The van der Waals surface area contributed by atoms with Crippen LogP contribution in [-0.2, 0) is 16.1 Å². The Morgan fingerprint density at radius 2 is 1.74 bits per heavy atom. The van der Waals surface area contributed by atoms with Gasteiger partial charge in [-0.1, -0.05) is 75.2 Å². The molecule has 3 aromatic rings. The van der Waals surface area contributed by atoms with Crippen LogP contribution in [0.25, 0.3) is 6.08 Å². The van der Waals surface area contributed by atoms with Gasteiger partial charge in [0, 0.05) is 4.47 Å². The minimum absolute atomic E-state index is 0.0275. The van der Waals surface area contributed by atoms with Gasteiger partial charge in [-0.3, -0.25) is 0 Å². The highest BCUT2D eigenvalue weighted by molar-refractivity contribution is 9.10. The van der Waals surface area contributed by atoms with E-state index < -0.39 is 5.97 Å². The normalized spacial score (nSPS) is 15.2. The number of aliphatic hydroxyl groups excluding tert-OH is 1. The average molecular weight is 649 g/mol. The van der Waals surface area contributed by atoms with E-state index in [-0.39, 0.29) is 24.5 Å². The predicted molar refractivity (Wildman–Crippen MR) is 161 cm³/mol. The van der Waals surface area contributed by atoms with Gasteiger partial charge in [-0.05, 0) is 67.4 Å².